The molecule has 0 saturated heterocycles. The van der Waals surface area contributed by atoms with Gasteiger partial charge in [0.1, 0.15) is 5.75 Å². The topological polar surface area (TPSA) is 71.3 Å². The average Bonchev–Trinajstić information content (AvgIpc) is 2.94. The van der Waals surface area contributed by atoms with Crippen LogP contribution in [0.1, 0.15) is 18.7 Å². The molecule has 2 aromatic carbocycles. The molecule has 3 rings (SSSR count). The predicted octanol–water partition coefficient (Wildman–Crippen LogP) is 2.86. The highest BCUT2D eigenvalue weighted by molar-refractivity contribution is 7.90. The summed E-state index contributed by atoms with van der Waals surface area (Å²) in [7, 11) is -1.95. The normalized spacial score (nSPS) is 13.3. The van der Waals surface area contributed by atoms with Gasteiger partial charge in [0.25, 0.3) is 10.0 Å². The number of rotatable bonds is 4. The minimum atomic E-state index is -3.73. The smallest absolute Gasteiger partial charge is 0.268 e. The third-order valence-electron chi connectivity index (χ3n) is 3.93. The first kappa shape index (κ1) is 15.6. The Bertz CT molecular complexity index is 947. The number of phenols is 1. The molecule has 0 radical (unpaired) electrons. The summed E-state index contributed by atoms with van der Waals surface area (Å²) < 4.78 is 27.6. The van der Waals surface area contributed by atoms with Gasteiger partial charge in [-0.2, -0.15) is 0 Å². The van der Waals surface area contributed by atoms with Crippen molar-refractivity contribution in [3.05, 3.63) is 60.3 Å². The Morgan fingerprint density at radius 2 is 1.78 bits per heavy atom. The minimum Gasteiger partial charge on any atom is -0.508 e. The fourth-order valence-corrected chi connectivity index (χ4v) is 4.24. The van der Waals surface area contributed by atoms with Crippen molar-refractivity contribution in [2.45, 2.75) is 17.9 Å². The summed E-state index contributed by atoms with van der Waals surface area (Å²) in [6.07, 6.45) is 0. The van der Waals surface area contributed by atoms with Gasteiger partial charge in [-0.3, -0.25) is 0 Å². The average molecular weight is 330 g/mol. The molecule has 0 amide bonds. The number of aromatic nitrogens is 1. The first-order valence-corrected chi connectivity index (χ1v) is 8.71. The summed E-state index contributed by atoms with van der Waals surface area (Å²) in [6, 6.07) is 14.6. The van der Waals surface area contributed by atoms with Crippen molar-refractivity contribution in [2.75, 3.05) is 7.05 Å². The van der Waals surface area contributed by atoms with Crippen molar-refractivity contribution in [2.24, 2.45) is 0 Å². The monoisotopic (exact) mass is 330 g/mol. The molecule has 0 aliphatic heterocycles. The Kier molecular flexibility index (Phi) is 3.87. The van der Waals surface area contributed by atoms with Crippen LogP contribution in [0.5, 0.6) is 5.75 Å². The van der Waals surface area contributed by atoms with Crippen molar-refractivity contribution in [1.82, 2.24) is 9.29 Å². The second-order valence-electron chi connectivity index (χ2n) is 5.41. The number of nitrogens with one attached hydrogen (secondary N) is 1. The zero-order chi connectivity index (χ0) is 16.6. The number of nitrogens with zero attached hydrogens (tertiary/aromatic N) is 1. The lowest BCUT2D eigenvalue weighted by molar-refractivity contribution is 0.476. The van der Waals surface area contributed by atoms with Crippen LogP contribution in [-0.4, -0.2) is 24.5 Å². The largest absolute Gasteiger partial charge is 0.508 e. The number of aromatic hydroxyl groups is 1. The lowest BCUT2D eigenvalue weighted by atomic mass is 10.2. The Labute approximate surface area is 135 Å². The summed E-state index contributed by atoms with van der Waals surface area (Å²) in [5, 5.41) is 13.4. The van der Waals surface area contributed by atoms with Crippen LogP contribution in [0.2, 0.25) is 0 Å². The molecule has 1 heterocycles. The highest BCUT2D eigenvalue weighted by Gasteiger charge is 2.25. The molecule has 1 unspecified atom stereocenters. The second kappa shape index (κ2) is 5.72. The van der Waals surface area contributed by atoms with Crippen molar-refractivity contribution in [3.8, 4) is 5.75 Å². The van der Waals surface area contributed by atoms with E-state index in [1.165, 1.54) is 10.0 Å². The van der Waals surface area contributed by atoms with Crippen LogP contribution in [-0.2, 0) is 10.0 Å². The van der Waals surface area contributed by atoms with E-state index in [-0.39, 0.29) is 16.7 Å². The van der Waals surface area contributed by atoms with Gasteiger partial charge in [0.15, 0.2) is 0 Å². The van der Waals surface area contributed by atoms with Crippen molar-refractivity contribution in [3.63, 3.8) is 0 Å². The maximum atomic E-state index is 13.1. The number of hydrogen-bond acceptors (Lipinski definition) is 4. The van der Waals surface area contributed by atoms with E-state index >= 15 is 0 Å². The molecule has 1 atom stereocenters. The van der Waals surface area contributed by atoms with E-state index in [9.17, 15) is 13.5 Å². The van der Waals surface area contributed by atoms with E-state index < -0.39 is 10.0 Å². The molecule has 0 fully saturated rings. The first-order valence-electron chi connectivity index (χ1n) is 7.27. The van der Waals surface area contributed by atoms with Crippen LogP contribution >= 0.6 is 0 Å². The molecular weight excluding hydrogens is 312 g/mol. The SMILES string of the molecule is CNC(C)c1cc2cc(O)ccc2n1S(=O)(=O)c1ccccc1. The quantitative estimate of drug-likeness (QED) is 0.772. The van der Waals surface area contributed by atoms with Crippen molar-refractivity contribution in [1.29, 1.82) is 0 Å². The van der Waals surface area contributed by atoms with E-state index in [0.717, 1.165) is 0 Å². The Hall–Kier alpha value is -2.31. The molecule has 5 nitrogen and oxygen atoms in total. The standard InChI is InChI=1S/C17H18N2O3S/c1-12(18-2)17-11-13-10-14(20)8-9-16(13)19(17)23(21,22)15-6-4-3-5-7-15/h3-12,18,20H,1-2H3. The summed E-state index contributed by atoms with van der Waals surface area (Å²) in [5.74, 6) is 0.107. The zero-order valence-electron chi connectivity index (χ0n) is 12.9. The van der Waals surface area contributed by atoms with E-state index in [4.69, 9.17) is 0 Å². The number of hydrogen-bond donors (Lipinski definition) is 2. The molecule has 23 heavy (non-hydrogen) atoms. The van der Waals surface area contributed by atoms with Gasteiger partial charge in [-0.15, -0.1) is 0 Å². The Morgan fingerprint density at radius 3 is 2.43 bits per heavy atom. The van der Waals surface area contributed by atoms with Gasteiger partial charge in [-0.1, -0.05) is 18.2 Å². The maximum absolute atomic E-state index is 13.1. The Morgan fingerprint density at radius 1 is 1.09 bits per heavy atom. The van der Waals surface area contributed by atoms with Gasteiger partial charge in [-0.05, 0) is 50.4 Å². The van der Waals surface area contributed by atoms with E-state index in [1.54, 1.807) is 55.6 Å². The van der Waals surface area contributed by atoms with Crippen LogP contribution in [0.25, 0.3) is 10.9 Å². The highest BCUT2D eigenvalue weighted by atomic mass is 32.2. The van der Waals surface area contributed by atoms with E-state index in [1.807, 2.05) is 6.92 Å². The minimum absolute atomic E-state index is 0.107. The lowest BCUT2D eigenvalue weighted by Crippen LogP contribution is -2.21. The Balaban J connectivity index is 2.35. The lowest BCUT2D eigenvalue weighted by Gasteiger charge is -2.16. The zero-order valence-corrected chi connectivity index (χ0v) is 13.7. The van der Waals surface area contributed by atoms with Gasteiger partial charge in [0.05, 0.1) is 16.1 Å². The molecular formula is C17H18N2O3S. The fraction of sp³-hybridized carbons (Fsp3) is 0.176. The van der Waals surface area contributed by atoms with Gasteiger partial charge in [0, 0.05) is 11.4 Å². The first-order chi connectivity index (χ1) is 10.9. The summed E-state index contributed by atoms with van der Waals surface area (Å²) in [5.41, 5.74) is 1.17. The van der Waals surface area contributed by atoms with Gasteiger partial charge in [0.2, 0.25) is 0 Å². The second-order valence-corrected chi connectivity index (χ2v) is 7.19. The molecule has 0 saturated carbocycles. The molecule has 0 aliphatic rings. The molecule has 0 aliphatic carbocycles. The molecule has 0 spiro atoms. The predicted molar refractivity (Wildman–Crippen MR) is 90.1 cm³/mol. The van der Waals surface area contributed by atoms with E-state index in [2.05, 4.69) is 5.32 Å². The molecule has 1 aromatic heterocycles. The van der Waals surface area contributed by atoms with Crippen LogP contribution in [0.4, 0.5) is 0 Å². The molecule has 3 aromatic rings. The van der Waals surface area contributed by atoms with Crippen LogP contribution in [0.15, 0.2) is 59.5 Å². The van der Waals surface area contributed by atoms with Gasteiger partial charge < -0.3 is 10.4 Å². The van der Waals surface area contributed by atoms with Crippen LogP contribution in [0, 0.1) is 0 Å². The third kappa shape index (κ3) is 2.60. The molecule has 6 heteroatoms. The molecule has 0 bridgehead atoms. The van der Waals surface area contributed by atoms with E-state index in [0.29, 0.717) is 16.6 Å². The fourth-order valence-electron chi connectivity index (χ4n) is 2.61. The molecule has 120 valence electrons. The maximum Gasteiger partial charge on any atom is 0.268 e. The number of benzene rings is 2. The summed E-state index contributed by atoms with van der Waals surface area (Å²) in [4.78, 5) is 0.232. The number of fused-ring (bicyclic) bond motifs is 1. The highest BCUT2D eigenvalue weighted by Crippen LogP contribution is 2.30. The third-order valence-corrected chi connectivity index (χ3v) is 5.68. The summed E-state index contributed by atoms with van der Waals surface area (Å²) >= 11 is 0. The van der Waals surface area contributed by atoms with Gasteiger partial charge >= 0.3 is 0 Å². The van der Waals surface area contributed by atoms with Crippen LogP contribution < -0.4 is 5.32 Å². The van der Waals surface area contributed by atoms with Crippen LogP contribution in [0.3, 0.4) is 0 Å². The van der Waals surface area contributed by atoms with Crippen molar-refractivity contribution >= 4 is 20.9 Å². The van der Waals surface area contributed by atoms with Gasteiger partial charge in [-0.25, -0.2) is 12.4 Å². The molecule has 2 N–H and O–H groups in total. The van der Waals surface area contributed by atoms with Crippen molar-refractivity contribution < 1.29 is 13.5 Å². The summed E-state index contributed by atoms with van der Waals surface area (Å²) in [6.45, 7) is 1.89. The number of phenolic OH excluding ortho intramolecular Hbond substituents is 1.